The van der Waals surface area contributed by atoms with Gasteiger partial charge in [-0.3, -0.25) is 4.79 Å². The SMILES string of the molecule is O=C(COC(=O)c1ccc2ccccc2c1)Nc1ccccc1F. The van der Waals surface area contributed by atoms with E-state index in [0.717, 1.165) is 10.8 Å². The lowest BCUT2D eigenvalue weighted by atomic mass is 10.1. The minimum Gasteiger partial charge on any atom is -0.452 e. The number of hydrogen-bond donors (Lipinski definition) is 1. The van der Waals surface area contributed by atoms with E-state index in [0.29, 0.717) is 5.56 Å². The van der Waals surface area contributed by atoms with Gasteiger partial charge in [-0.25, -0.2) is 9.18 Å². The van der Waals surface area contributed by atoms with E-state index < -0.39 is 24.3 Å². The van der Waals surface area contributed by atoms with Crippen molar-refractivity contribution in [3.8, 4) is 0 Å². The van der Waals surface area contributed by atoms with Crippen LogP contribution in [-0.4, -0.2) is 18.5 Å². The lowest BCUT2D eigenvalue weighted by Crippen LogP contribution is -2.21. The number of nitrogens with one attached hydrogen (secondary N) is 1. The number of benzene rings is 3. The predicted octanol–water partition coefficient (Wildman–Crippen LogP) is 3.77. The van der Waals surface area contributed by atoms with Gasteiger partial charge in [0.1, 0.15) is 5.82 Å². The largest absolute Gasteiger partial charge is 0.452 e. The summed E-state index contributed by atoms with van der Waals surface area (Å²) in [5, 5.41) is 4.27. The van der Waals surface area contributed by atoms with Crippen LogP contribution in [0.5, 0.6) is 0 Å². The van der Waals surface area contributed by atoms with Crippen LogP contribution in [0, 0.1) is 5.82 Å². The zero-order valence-electron chi connectivity index (χ0n) is 12.7. The first-order valence-electron chi connectivity index (χ1n) is 7.34. The van der Waals surface area contributed by atoms with Crippen molar-refractivity contribution in [1.29, 1.82) is 0 Å². The number of esters is 1. The average Bonchev–Trinajstić information content (AvgIpc) is 2.61. The molecule has 3 aromatic rings. The Kier molecular flexibility index (Phi) is 4.52. The molecule has 0 aliphatic heterocycles. The van der Waals surface area contributed by atoms with Gasteiger partial charge in [-0.2, -0.15) is 0 Å². The number of amides is 1. The van der Waals surface area contributed by atoms with Gasteiger partial charge in [-0.1, -0.05) is 42.5 Å². The Balaban J connectivity index is 1.62. The lowest BCUT2D eigenvalue weighted by Gasteiger charge is -2.08. The Morgan fingerprint density at radius 2 is 1.62 bits per heavy atom. The standard InChI is InChI=1S/C19H14FNO3/c20-16-7-3-4-8-17(16)21-18(22)12-24-19(23)15-10-9-13-5-1-2-6-14(13)11-15/h1-11H,12H2,(H,21,22). The van der Waals surface area contributed by atoms with E-state index in [1.807, 2.05) is 30.3 Å². The van der Waals surface area contributed by atoms with Crippen LogP contribution in [0.2, 0.25) is 0 Å². The summed E-state index contributed by atoms with van der Waals surface area (Å²) in [6, 6.07) is 18.5. The summed E-state index contributed by atoms with van der Waals surface area (Å²) in [6.07, 6.45) is 0. The normalized spacial score (nSPS) is 10.4. The molecule has 120 valence electrons. The molecule has 0 aliphatic rings. The fourth-order valence-electron chi connectivity index (χ4n) is 2.28. The second-order valence-corrected chi connectivity index (χ2v) is 5.17. The predicted molar refractivity (Wildman–Crippen MR) is 89.3 cm³/mol. The number of rotatable bonds is 4. The highest BCUT2D eigenvalue weighted by Crippen LogP contribution is 2.16. The molecule has 0 atom stereocenters. The molecular weight excluding hydrogens is 309 g/mol. The zero-order valence-corrected chi connectivity index (χ0v) is 12.7. The minimum atomic E-state index is -0.607. The number of hydrogen-bond acceptors (Lipinski definition) is 3. The van der Waals surface area contributed by atoms with Crippen LogP contribution in [-0.2, 0) is 9.53 Å². The molecule has 0 radical (unpaired) electrons. The van der Waals surface area contributed by atoms with Crippen molar-refractivity contribution >= 4 is 28.3 Å². The van der Waals surface area contributed by atoms with Crippen molar-refractivity contribution in [3.05, 3.63) is 78.1 Å². The molecule has 0 saturated carbocycles. The summed E-state index contributed by atoms with van der Waals surface area (Å²) >= 11 is 0. The van der Waals surface area contributed by atoms with E-state index in [-0.39, 0.29) is 5.69 Å². The van der Waals surface area contributed by atoms with Crippen molar-refractivity contribution in [2.75, 3.05) is 11.9 Å². The Bertz CT molecular complexity index is 908. The van der Waals surface area contributed by atoms with Crippen LogP contribution in [0.25, 0.3) is 10.8 Å². The molecule has 0 aliphatic carbocycles. The van der Waals surface area contributed by atoms with Crippen molar-refractivity contribution < 1.29 is 18.7 Å². The number of anilines is 1. The van der Waals surface area contributed by atoms with Gasteiger partial charge in [0.05, 0.1) is 11.3 Å². The number of ether oxygens (including phenoxy) is 1. The number of para-hydroxylation sites is 1. The van der Waals surface area contributed by atoms with E-state index >= 15 is 0 Å². The van der Waals surface area contributed by atoms with E-state index in [9.17, 15) is 14.0 Å². The third-order valence-corrected chi connectivity index (χ3v) is 3.47. The Hall–Kier alpha value is -3.21. The maximum atomic E-state index is 13.4. The molecule has 5 heteroatoms. The second kappa shape index (κ2) is 6.91. The molecular formula is C19H14FNO3. The van der Waals surface area contributed by atoms with E-state index in [2.05, 4.69) is 5.32 Å². The second-order valence-electron chi connectivity index (χ2n) is 5.17. The maximum Gasteiger partial charge on any atom is 0.338 e. The van der Waals surface area contributed by atoms with Crippen molar-refractivity contribution in [2.45, 2.75) is 0 Å². The molecule has 0 saturated heterocycles. The molecule has 0 heterocycles. The smallest absolute Gasteiger partial charge is 0.338 e. The molecule has 3 aromatic carbocycles. The molecule has 1 amide bonds. The van der Waals surface area contributed by atoms with Gasteiger partial charge in [-0.15, -0.1) is 0 Å². The fraction of sp³-hybridized carbons (Fsp3) is 0.0526. The summed E-state index contributed by atoms with van der Waals surface area (Å²) in [5.41, 5.74) is 0.400. The summed E-state index contributed by atoms with van der Waals surface area (Å²) in [7, 11) is 0. The van der Waals surface area contributed by atoms with Crippen molar-refractivity contribution in [2.24, 2.45) is 0 Å². The number of carbonyl (C=O) groups excluding carboxylic acids is 2. The van der Waals surface area contributed by atoms with Gasteiger partial charge in [0, 0.05) is 0 Å². The first-order valence-corrected chi connectivity index (χ1v) is 7.34. The van der Waals surface area contributed by atoms with Crippen LogP contribution in [0.4, 0.5) is 10.1 Å². The average molecular weight is 323 g/mol. The molecule has 0 fully saturated rings. The fourth-order valence-corrected chi connectivity index (χ4v) is 2.28. The quantitative estimate of drug-likeness (QED) is 0.744. The molecule has 0 spiro atoms. The van der Waals surface area contributed by atoms with Gasteiger partial charge in [0.25, 0.3) is 5.91 Å². The van der Waals surface area contributed by atoms with Crippen LogP contribution in [0.3, 0.4) is 0 Å². The minimum absolute atomic E-state index is 0.0456. The third kappa shape index (κ3) is 3.57. The van der Waals surface area contributed by atoms with Crippen molar-refractivity contribution in [3.63, 3.8) is 0 Å². The highest BCUT2D eigenvalue weighted by molar-refractivity contribution is 5.98. The monoisotopic (exact) mass is 323 g/mol. The van der Waals surface area contributed by atoms with E-state index in [1.165, 1.54) is 18.2 Å². The Morgan fingerprint density at radius 3 is 2.42 bits per heavy atom. The van der Waals surface area contributed by atoms with Crippen molar-refractivity contribution in [1.82, 2.24) is 0 Å². The first-order chi connectivity index (χ1) is 11.6. The van der Waals surface area contributed by atoms with Crippen LogP contribution in [0.15, 0.2) is 66.7 Å². The Morgan fingerprint density at radius 1 is 0.917 bits per heavy atom. The highest BCUT2D eigenvalue weighted by Gasteiger charge is 2.12. The van der Waals surface area contributed by atoms with E-state index in [1.54, 1.807) is 18.2 Å². The Labute approximate surface area is 137 Å². The molecule has 0 unspecified atom stereocenters. The molecule has 0 bridgehead atoms. The van der Waals surface area contributed by atoms with Crippen LogP contribution < -0.4 is 5.32 Å². The molecule has 0 aromatic heterocycles. The lowest BCUT2D eigenvalue weighted by molar-refractivity contribution is -0.119. The van der Waals surface area contributed by atoms with E-state index in [4.69, 9.17) is 4.74 Å². The van der Waals surface area contributed by atoms with Gasteiger partial charge < -0.3 is 10.1 Å². The summed E-state index contributed by atoms with van der Waals surface area (Å²) in [4.78, 5) is 23.8. The summed E-state index contributed by atoms with van der Waals surface area (Å²) in [5.74, 6) is -1.76. The van der Waals surface area contributed by atoms with Gasteiger partial charge in [0.15, 0.2) is 6.61 Å². The molecule has 3 rings (SSSR count). The van der Waals surface area contributed by atoms with Crippen LogP contribution in [0.1, 0.15) is 10.4 Å². The van der Waals surface area contributed by atoms with Gasteiger partial charge in [0.2, 0.25) is 0 Å². The topological polar surface area (TPSA) is 55.4 Å². The number of carbonyl (C=O) groups is 2. The molecule has 4 nitrogen and oxygen atoms in total. The van der Waals surface area contributed by atoms with Gasteiger partial charge in [-0.05, 0) is 35.0 Å². The van der Waals surface area contributed by atoms with Gasteiger partial charge >= 0.3 is 5.97 Å². The highest BCUT2D eigenvalue weighted by atomic mass is 19.1. The number of fused-ring (bicyclic) bond motifs is 1. The maximum absolute atomic E-state index is 13.4. The first kappa shape index (κ1) is 15.7. The third-order valence-electron chi connectivity index (χ3n) is 3.47. The zero-order chi connectivity index (χ0) is 16.9. The molecule has 24 heavy (non-hydrogen) atoms. The number of halogens is 1. The summed E-state index contributed by atoms with van der Waals surface area (Å²) < 4.78 is 18.4. The summed E-state index contributed by atoms with van der Waals surface area (Å²) in [6.45, 7) is -0.486. The molecule has 1 N–H and O–H groups in total. The van der Waals surface area contributed by atoms with Crippen LogP contribution >= 0.6 is 0 Å².